The van der Waals surface area contributed by atoms with Gasteiger partial charge in [-0.2, -0.15) is 0 Å². The lowest BCUT2D eigenvalue weighted by molar-refractivity contribution is 0.0934. The molecule has 0 aromatic heterocycles. The number of amides is 1. The molecular weight excluding hydrogens is 335 g/mol. The average Bonchev–Trinajstić information content (AvgIpc) is 2.36. The van der Waals surface area contributed by atoms with Crippen LogP contribution in [0.5, 0.6) is 0 Å². The van der Waals surface area contributed by atoms with Crippen LogP contribution in [-0.4, -0.2) is 20.4 Å². The van der Waals surface area contributed by atoms with Crippen molar-refractivity contribution in [3.8, 4) is 0 Å². The van der Waals surface area contributed by atoms with Crippen molar-refractivity contribution in [3.63, 3.8) is 0 Å². The van der Waals surface area contributed by atoms with Gasteiger partial charge in [-0.15, -0.1) is 0 Å². The van der Waals surface area contributed by atoms with Crippen LogP contribution in [0.15, 0.2) is 17.0 Å². The van der Waals surface area contributed by atoms with Crippen molar-refractivity contribution in [2.24, 2.45) is 5.14 Å². The number of nitrogens with one attached hydrogen (secondary N) is 1. The van der Waals surface area contributed by atoms with E-state index in [0.29, 0.717) is 0 Å². The van der Waals surface area contributed by atoms with Crippen LogP contribution in [0, 0.1) is 0 Å². The molecule has 5 nitrogen and oxygen atoms in total. The van der Waals surface area contributed by atoms with Crippen LogP contribution in [0.2, 0.25) is 10.0 Å². The largest absolute Gasteiger partial charge is 0.349 e. The molecule has 1 rings (SSSR count). The van der Waals surface area contributed by atoms with Gasteiger partial charge in [0.15, 0.2) is 0 Å². The summed E-state index contributed by atoms with van der Waals surface area (Å²) in [5.74, 6) is -0.504. The summed E-state index contributed by atoms with van der Waals surface area (Å²) < 4.78 is 22.9. The predicted octanol–water partition coefficient (Wildman–Crippen LogP) is 2.95. The molecule has 1 aromatic carbocycles. The maximum absolute atomic E-state index is 12.3. The third-order valence-electron chi connectivity index (χ3n) is 3.05. The van der Waals surface area contributed by atoms with Crippen LogP contribution >= 0.6 is 23.2 Å². The van der Waals surface area contributed by atoms with Gasteiger partial charge in [-0.25, -0.2) is 13.6 Å². The molecule has 0 saturated carbocycles. The third kappa shape index (κ3) is 4.57. The molecule has 21 heavy (non-hydrogen) atoms. The Morgan fingerprint density at radius 2 is 1.95 bits per heavy atom. The van der Waals surface area contributed by atoms with E-state index in [1.807, 2.05) is 13.8 Å². The Kier molecular flexibility index (Phi) is 6.46. The molecule has 1 amide bonds. The molecule has 1 aromatic rings. The summed E-state index contributed by atoms with van der Waals surface area (Å²) in [7, 11) is -4.02. The molecule has 0 bridgehead atoms. The first-order valence-corrected chi connectivity index (χ1v) is 8.84. The summed E-state index contributed by atoms with van der Waals surface area (Å²) in [4.78, 5) is 12.0. The zero-order valence-corrected chi connectivity index (χ0v) is 14.1. The highest BCUT2D eigenvalue weighted by Gasteiger charge is 2.23. The lowest BCUT2D eigenvalue weighted by Gasteiger charge is -2.17. The number of sulfonamides is 1. The molecule has 0 aliphatic rings. The number of halogens is 2. The third-order valence-corrected chi connectivity index (χ3v) is 4.83. The molecular formula is C13H18Cl2N2O3S. The highest BCUT2D eigenvalue weighted by atomic mass is 35.5. The standard InChI is InChI=1S/C13H18Cl2N2O3S/c1-3-5-8(4-2)17-13(18)11-9(14)6-7-10(12(11)15)21(16,19)20/h6-8H,3-5H2,1-2H3,(H,17,18)(H2,16,19,20). The number of nitrogens with two attached hydrogens (primary N) is 1. The van der Waals surface area contributed by atoms with E-state index in [1.54, 1.807) is 0 Å². The van der Waals surface area contributed by atoms with Gasteiger partial charge in [0.25, 0.3) is 5.91 Å². The first kappa shape index (κ1) is 18.2. The Hall–Kier alpha value is -0.820. The second kappa shape index (κ2) is 7.45. The lowest BCUT2D eigenvalue weighted by atomic mass is 10.1. The molecule has 118 valence electrons. The second-order valence-electron chi connectivity index (χ2n) is 4.65. The first-order valence-electron chi connectivity index (χ1n) is 6.54. The summed E-state index contributed by atoms with van der Waals surface area (Å²) in [6, 6.07) is 2.45. The fourth-order valence-electron chi connectivity index (χ4n) is 1.95. The van der Waals surface area contributed by atoms with Gasteiger partial charge in [0.1, 0.15) is 4.90 Å². The summed E-state index contributed by atoms with van der Waals surface area (Å²) in [6.45, 7) is 3.96. The Morgan fingerprint density at radius 3 is 2.43 bits per heavy atom. The van der Waals surface area contributed by atoms with Crippen LogP contribution in [0.25, 0.3) is 0 Å². The smallest absolute Gasteiger partial charge is 0.254 e. The highest BCUT2D eigenvalue weighted by Crippen LogP contribution is 2.30. The lowest BCUT2D eigenvalue weighted by Crippen LogP contribution is -2.34. The molecule has 0 heterocycles. The molecule has 0 aliphatic heterocycles. The molecule has 8 heteroatoms. The van der Waals surface area contributed by atoms with Crippen molar-refractivity contribution in [2.75, 3.05) is 0 Å². The van der Waals surface area contributed by atoms with E-state index >= 15 is 0 Å². The molecule has 3 N–H and O–H groups in total. The van der Waals surface area contributed by atoms with Gasteiger partial charge in [-0.1, -0.05) is 43.5 Å². The van der Waals surface area contributed by atoms with Crippen molar-refractivity contribution in [2.45, 2.75) is 44.0 Å². The molecule has 0 fully saturated rings. The Balaban J connectivity index is 3.21. The van der Waals surface area contributed by atoms with Crippen LogP contribution < -0.4 is 10.5 Å². The average molecular weight is 353 g/mol. The van der Waals surface area contributed by atoms with Crippen LogP contribution in [0.3, 0.4) is 0 Å². The van der Waals surface area contributed by atoms with Crippen molar-refractivity contribution in [1.82, 2.24) is 5.32 Å². The number of carbonyl (C=O) groups excluding carboxylic acids is 1. The Morgan fingerprint density at radius 1 is 1.33 bits per heavy atom. The minimum absolute atomic E-state index is 0.0206. The molecule has 0 spiro atoms. The van der Waals surface area contributed by atoms with Gasteiger partial charge >= 0.3 is 0 Å². The highest BCUT2D eigenvalue weighted by molar-refractivity contribution is 7.89. The first-order chi connectivity index (χ1) is 9.72. The van der Waals surface area contributed by atoms with Crippen molar-refractivity contribution >= 4 is 39.1 Å². The topological polar surface area (TPSA) is 89.3 Å². The molecule has 1 atom stereocenters. The summed E-state index contributed by atoms with van der Waals surface area (Å²) >= 11 is 12.0. The monoisotopic (exact) mass is 352 g/mol. The van der Waals surface area contributed by atoms with E-state index in [0.717, 1.165) is 19.3 Å². The molecule has 0 radical (unpaired) electrons. The maximum Gasteiger partial charge on any atom is 0.254 e. The van der Waals surface area contributed by atoms with Gasteiger partial charge in [0.2, 0.25) is 10.0 Å². The maximum atomic E-state index is 12.3. The van der Waals surface area contributed by atoms with E-state index in [-0.39, 0.29) is 26.5 Å². The molecule has 0 aliphatic carbocycles. The van der Waals surface area contributed by atoms with E-state index < -0.39 is 15.9 Å². The van der Waals surface area contributed by atoms with Crippen LogP contribution in [0.4, 0.5) is 0 Å². The van der Waals surface area contributed by atoms with Crippen LogP contribution in [0.1, 0.15) is 43.5 Å². The van der Waals surface area contributed by atoms with E-state index in [4.69, 9.17) is 28.3 Å². The van der Waals surface area contributed by atoms with Crippen molar-refractivity contribution < 1.29 is 13.2 Å². The quantitative estimate of drug-likeness (QED) is 0.824. The number of hydrogen-bond donors (Lipinski definition) is 2. The zero-order valence-electron chi connectivity index (χ0n) is 11.8. The zero-order chi connectivity index (χ0) is 16.2. The van der Waals surface area contributed by atoms with Crippen molar-refractivity contribution in [1.29, 1.82) is 0 Å². The summed E-state index contributed by atoms with van der Waals surface area (Å²) in [5.41, 5.74) is -0.0700. The number of benzene rings is 1. The number of rotatable bonds is 6. The minimum atomic E-state index is -4.02. The van der Waals surface area contributed by atoms with Crippen LogP contribution in [-0.2, 0) is 10.0 Å². The van der Waals surface area contributed by atoms with E-state index in [9.17, 15) is 13.2 Å². The molecule has 1 unspecified atom stereocenters. The van der Waals surface area contributed by atoms with Gasteiger partial charge in [-0.3, -0.25) is 4.79 Å². The summed E-state index contributed by atoms with van der Waals surface area (Å²) in [6.07, 6.45) is 2.48. The fourth-order valence-corrected chi connectivity index (χ4v) is 3.42. The van der Waals surface area contributed by atoms with Gasteiger partial charge in [0, 0.05) is 6.04 Å². The van der Waals surface area contributed by atoms with E-state index in [1.165, 1.54) is 12.1 Å². The fraction of sp³-hybridized carbons (Fsp3) is 0.462. The number of hydrogen-bond acceptors (Lipinski definition) is 3. The van der Waals surface area contributed by atoms with Gasteiger partial charge in [-0.05, 0) is 25.0 Å². The summed E-state index contributed by atoms with van der Waals surface area (Å²) in [5, 5.41) is 7.69. The predicted molar refractivity (Wildman–Crippen MR) is 84.3 cm³/mol. The SMILES string of the molecule is CCCC(CC)NC(=O)c1c(Cl)ccc(S(N)(=O)=O)c1Cl. The second-order valence-corrected chi connectivity index (χ2v) is 6.96. The Bertz CT molecular complexity index is 633. The number of carbonyl (C=O) groups is 1. The van der Waals surface area contributed by atoms with Gasteiger partial charge < -0.3 is 5.32 Å². The van der Waals surface area contributed by atoms with Crippen molar-refractivity contribution in [3.05, 3.63) is 27.7 Å². The number of primary sulfonamides is 1. The van der Waals surface area contributed by atoms with Gasteiger partial charge in [0.05, 0.1) is 15.6 Å². The Labute approximate surface area is 134 Å². The normalized spacial score (nSPS) is 13.0. The molecule has 0 saturated heterocycles. The van der Waals surface area contributed by atoms with E-state index in [2.05, 4.69) is 5.32 Å². The minimum Gasteiger partial charge on any atom is -0.349 e.